The smallest absolute Gasteiger partial charge is 0.241 e. The van der Waals surface area contributed by atoms with Gasteiger partial charge in [0.25, 0.3) is 0 Å². The Morgan fingerprint density at radius 3 is 1.69 bits per heavy atom. The zero-order valence-electron chi connectivity index (χ0n) is 17.0. The Morgan fingerprint density at radius 1 is 0.750 bits per heavy atom. The molecule has 9 heteroatoms. The summed E-state index contributed by atoms with van der Waals surface area (Å²) in [4.78, 5) is 22.4. The topological polar surface area (TPSA) is 187 Å². The second-order valence-corrected chi connectivity index (χ2v) is 7.69. The second kappa shape index (κ2) is 9.03. The molecule has 0 heterocycles. The van der Waals surface area contributed by atoms with Gasteiger partial charge in [-0.1, -0.05) is 0 Å². The van der Waals surface area contributed by atoms with Crippen molar-refractivity contribution in [2.24, 2.45) is 11.5 Å². The van der Waals surface area contributed by atoms with Crippen LogP contribution in [0.5, 0.6) is 23.0 Å². The molecule has 2 amide bonds. The molecule has 2 aromatic carbocycles. The normalized spacial score (nSPS) is 20.8. The van der Waals surface area contributed by atoms with Crippen molar-refractivity contribution in [2.45, 2.75) is 30.8 Å². The number of hydrogen-bond donors (Lipinski definition) is 7. The molecular formula is C23H24N2O7. The Bertz CT molecular complexity index is 1120. The Balaban J connectivity index is 2.18. The lowest BCUT2D eigenvalue weighted by atomic mass is 9.79. The molecule has 1 aliphatic carbocycles. The fraction of sp³-hybridized carbons (Fsp3) is 0.217. The van der Waals surface area contributed by atoms with Gasteiger partial charge >= 0.3 is 0 Å². The van der Waals surface area contributed by atoms with E-state index < -0.39 is 41.3 Å². The van der Waals surface area contributed by atoms with E-state index in [4.69, 9.17) is 11.5 Å². The maximum atomic E-state index is 11.2. The standard InChI is InChI=1S/C23H24N2O7/c24-21(31)5-1-11-7-17(27)19(29)9-14(11)13-3-4-16(26)23(13)15-10-20(30)18(28)8-12(15)2-6-22(25)32/h1-2,5-10,13,16,23,26-30H,3-4H2,(H2,24,31)(H2,25,32)/b5-1+,6-2+/t13-,16-,23+/m1/s1. The second-order valence-electron chi connectivity index (χ2n) is 7.69. The van der Waals surface area contributed by atoms with Crippen LogP contribution in [-0.2, 0) is 9.59 Å². The molecule has 0 unspecified atom stereocenters. The molecule has 0 aromatic heterocycles. The molecule has 0 radical (unpaired) electrons. The molecule has 1 saturated carbocycles. The molecule has 1 aliphatic rings. The summed E-state index contributed by atoms with van der Waals surface area (Å²) in [5.74, 6) is -4.01. The molecule has 0 bridgehead atoms. The lowest BCUT2D eigenvalue weighted by molar-refractivity contribution is -0.114. The van der Waals surface area contributed by atoms with Crippen LogP contribution in [0.2, 0.25) is 0 Å². The van der Waals surface area contributed by atoms with Gasteiger partial charge in [0.15, 0.2) is 23.0 Å². The van der Waals surface area contributed by atoms with Crippen molar-refractivity contribution in [1.29, 1.82) is 0 Å². The number of nitrogens with two attached hydrogens (primary N) is 2. The van der Waals surface area contributed by atoms with Crippen LogP contribution in [0, 0.1) is 0 Å². The Morgan fingerprint density at radius 2 is 1.19 bits per heavy atom. The van der Waals surface area contributed by atoms with Gasteiger partial charge in [0.05, 0.1) is 6.10 Å². The van der Waals surface area contributed by atoms with E-state index in [9.17, 15) is 35.1 Å². The third-order valence-corrected chi connectivity index (χ3v) is 5.59. The van der Waals surface area contributed by atoms with E-state index in [2.05, 4.69) is 0 Å². The number of amides is 2. The van der Waals surface area contributed by atoms with E-state index in [1.807, 2.05) is 0 Å². The molecule has 2 aromatic rings. The van der Waals surface area contributed by atoms with Crippen molar-refractivity contribution in [2.75, 3.05) is 0 Å². The summed E-state index contributed by atoms with van der Waals surface area (Å²) in [7, 11) is 0. The molecule has 0 aliphatic heterocycles. The molecule has 9 N–H and O–H groups in total. The third-order valence-electron chi connectivity index (χ3n) is 5.59. The molecule has 9 nitrogen and oxygen atoms in total. The van der Waals surface area contributed by atoms with E-state index in [1.165, 1.54) is 36.4 Å². The minimum absolute atomic E-state index is 0.368. The predicted molar refractivity (Wildman–Crippen MR) is 117 cm³/mol. The number of hydrogen-bond acceptors (Lipinski definition) is 7. The Hall–Kier alpha value is -3.98. The Labute approximate surface area is 183 Å². The lowest BCUT2D eigenvalue weighted by Crippen LogP contribution is -2.18. The highest BCUT2D eigenvalue weighted by atomic mass is 16.3. The summed E-state index contributed by atoms with van der Waals surface area (Å²) in [6.45, 7) is 0. The van der Waals surface area contributed by atoms with Crippen molar-refractivity contribution in [3.8, 4) is 23.0 Å². The highest BCUT2D eigenvalue weighted by Crippen LogP contribution is 2.51. The molecule has 0 spiro atoms. The van der Waals surface area contributed by atoms with Gasteiger partial charge in [0.2, 0.25) is 11.8 Å². The van der Waals surface area contributed by atoms with Gasteiger partial charge in [-0.3, -0.25) is 9.59 Å². The summed E-state index contributed by atoms with van der Waals surface area (Å²) in [5, 5.41) is 50.9. The first-order chi connectivity index (χ1) is 15.1. The number of aliphatic hydroxyl groups excluding tert-OH is 1. The van der Waals surface area contributed by atoms with Gasteiger partial charge in [-0.15, -0.1) is 0 Å². The first kappa shape index (κ1) is 22.7. The molecule has 0 saturated heterocycles. The van der Waals surface area contributed by atoms with Crippen LogP contribution in [0.1, 0.15) is 46.9 Å². The highest BCUT2D eigenvalue weighted by molar-refractivity contribution is 5.91. The van der Waals surface area contributed by atoms with Crippen LogP contribution in [0.25, 0.3) is 12.2 Å². The number of carbonyl (C=O) groups excluding carboxylic acids is 2. The quantitative estimate of drug-likeness (QED) is 0.262. The van der Waals surface area contributed by atoms with Crippen LogP contribution in [-0.4, -0.2) is 43.5 Å². The van der Waals surface area contributed by atoms with E-state index >= 15 is 0 Å². The molecule has 1 fully saturated rings. The molecule has 3 atom stereocenters. The van der Waals surface area contributed by atoms with Crippen LogP contribution in [0.3, 0.4) is 0 Å². The number of phenolic OH excluding ortho intramolecular Hbond substituents is 4. The van der Waals surface area contributed by atoms with Crippen LogP contribution < -0.4 is 11.5 Å². The average Bonchev–Trinajstić information content (AvgIpc) is 3.10. The van der Waals surface area contributed by atoms with Crippen LogP contribution in [0.15, 0.2) is 36.4 Å². The third kappa shape index (κ3) is 4.68. The van der Waals surface area contributed by atoms with Gasteiger partial charge in [-0.2, -0.15) is 0 Å². The number of benzene rings is 2. The van der Waals surface area contributed by atoms with Gasteiger partial charge in [-0.25, -0.2) is 0 Å². The number of aliphatic hydroxyl groups is 1. The van der Waals surface area contributed by atoms with E-state index in [0.717, 1.165) is 12.2 Å². The molecule has 3 rings (SSSR count). The number of aromatic hydroxyl groups is 4. The zero-order valence-corrected chi connectivity index (χ0v) is 17.0. The fourth-order valence-electron chi connectivity index (χ4n) is 4.21. The van der Waals surface area contributed by atoms with Crippen molar-refractivity contribution >= 4 is 24.0 Å². The van der Waals surface area contributed by atoms with Crippen molar-refractivity contribution in [3.63, 3.8) is 0 Å². The van der Waals surface area contributed by atoms with E-state index in [0.29, 0.717) is 35.1 Å². The number of rotatable bonds is 6. The number of carbonyl (C=O) groups is 2. The minimum atomic E-state index is -0.853. The maximum absolute atomic E-state index is 11.2. The molecule has 168 valence electrons. The maximum Gasteiger partial charge on any atom is 0.241 e. The van der Waals surface area contributed by atoms with Crippen molar-refractivity contribution < 1.29 is 35.1 Å². The zero-order chi connectivity index (χ0) is 23.6. The van der Waals surface area contributed by atoms with E-state index in [1.54, 1.807) is 0 Å². The monoisotopic (exact) mass is 440 g/mol. The fourth-order valence-corrected chi connectivity index (χ4v) is 4.21. The van der Waals surface area contributed by atoms with E-state index in [-0.39, 0.29) is 11.5 Å². The predicted octanol–water partition coefficient (Wildman–Crippen LogP) is 1.53. The van der Waals surface area contributed by atoms with Gasteiger partial charge in [0, 0.05) is 18.1 Å². The SMILES string of the molecule is NC(=O)/C=C/c1cc(O)c(O)cc1[C@H]1[C@H](O)CC[C@@H]1c1cc(O)c(O)cc1/C=C/C(N)=O. The number of primary amides is 2. The summed E-state index contributed by atoms with van der Waals surface area (Å²) < 4.78 is 0. The van der Waals surface area contributed by atoms with Gasteiger partial charge in [-0.05, 0) is 77.4 Å². The minimum Gasteiger partial charge on any atom is -0.504 e. The van der Waals surface area contributed by atoms with Crippen LogP contribution >= 0.6 is 0 Å². The number of phenols is 4. The largest absolute Gasteiger partial charge is 0.504 e. The van der Waals surface area contributed by atoms with Gasteiger partial charge in [0.1, 0.15) is 0 Å². The van der Waals surface area contributed by atoms with Crippen LogP contribution in [0.4, 0.5) is 0 Å². The summed E-state index contributed by atoms with van der Waals surface area (Å²) in [6, 6.07) is 5.20. The molecule has 32 heavy (non-hydrogen) atoms. The summed E-state index contributed by atoms with van der Waals surface area (Å²) in [5.41, 5.74) is 12.1. The first-order valence-electron chi connectivity index (χ1n) is 9.83. The van der Waals surface area contributed by atoms with Gasteiger partial charge < -0.3 is 37.0 Å². The molecular weight excluding hydrogens is 416 g/mol. The first-order valence-corrected chi connectivity index (χ1v) is 9.83. The summed E-state index contributed by atoms with van der Waals surface area (Å²) in [6.07, 6.45) is 5.00. The Kier molecular flexibility index (Phi) is 6.40. The summed E-state index contributed by atoms with van der Waals surface area (Å²) >= 11 is 0. The highest BCUT2D eigenvalue weighted by Gasteiger charge is 2.39. The lowest BCUT2D eigenvalue weighted by Gasteiger charge is -2.26. The van der Waals surface area contributed by atoms with Crippen molar-refractivity contribution in [3.05, 3.63) is 58.7 Å². The average molecular weight is 440 g/mol. The van der Waals surface area contributed by atoms with Crippen molar-refractivity contribution in [1.82, 2.24) is 0 Å².